The molecular formula is C29H56N. The molecule has 0 heterocycles. The van der Waals surface area contributed by atoms with E-state index in [1.165, 1.54) is 161 Å². The highest BCUT2D eigenvalue weighted by Crippen LogP contribution is 2.15. The quantitative estimate of drug-likeness (QED) is 0.128. The van der Waals surface area contributed by atoms with Crippen LogP contribution in [0.15, 0.2) is 0 Å². The van der Waals surface area contributed by atoms with Crippen LogP contribution in [0.25, 0.3) is 0 Å². The van der Waals surface area contributed by atoms with Gasteiger partial charge >= 0.3 is 0 Å². The van der Waals surface area contributed by atoms with Crippen molar-refractivity contribution in [2.45, 2.75) is 174 Å². The lowest BCUT2D eigenvalue weighted by atomic mass is 10.0. The fourth-order valence-corrected chi connectivity index (χ4v) is 4.45. The molecule has 0 aromatic carbocycles. The summed E-state index contributed by atoms with van der Waals surface area (Å²) in [6.07, 6.45) is 38.6. The summed E-state index contributed by atoms with van der Waals surface area (Å²) in [5.74, 6) is 0. The number of nitriles is 1. The third kappa shape index (κ3) is 27.5. The summed E-state index contributed by atoms with van der Waals surface area (Å²) in [5.41, 5.74) is 0. The molecule has 0 fully saturated rings. The molecule has 0 atom stereocenters. The minimum Gasteiger partial charge on any atom is -0.198 e. The number of unbranched alkanes of at least 4 members (excludes halogenated alkanes) is 26. The highest BCUT2D eigenvalue weighted by Gasteiger charge is 1.96. The van der Waals surface area contributed by atoms with Gasteiger partial charge in [-0.3, -0.25) is 0 Å². The van der Waals surface area contributed by atoms with Gasteiger partial charge in [0.1, 0.15) is 0 Å². The normalized spacial score (nSPS) is 11.1. The molecule has 0 N–H and O–H groups in total. The molecule has 0 aromatic heterocycles. The Morgan fingerprint density at radius 3 is 0.867 bits per heavy atom. The summed E-state index contributed by atoms with van der Waals surface area (Å²) in [4.78, 5) is 0. The van der Waals surface area contributed by atoms with E-state index >= 15 is 0 Å². The van der Waals surface area contributed by atoms with Crippen LogP contribution in [0.5, 0.6) is 0 Å². The van der Waals surface area contributed by atoms with Crippen LogP contribution in [0.3, 0.4) is 0 Å². The van der Waals surface area contributed by atoms with Crippen LogP contribution in [0.1, 0.15) is 174 Å². The summed E-state index contributed by atoms with van der Waals surface area (Å²) in [6, 6.07) is 2.11. The summed E-state index contributed by atoms with van der Waals surface area (Å²) in [7, 11) is 0. The Morgan fingerprint density at radius 2 is 0.633 bits per heavy atom. The summed E-state index contributed by atoms with van der Waals surface area (Å²) in [6.45, 7) is 2.30. The molecule has 0 spiro atoms. The fourth-order valence-electron chi connectivity index (χ4n) is 4.45. The molecule has 0 aliphatic rings. The highest BCUT2D eigenvalue weighted by molar-refractivity contribution is 4.90. The van der Waals surface area contributed by atoms with Crippen molar-refractivity contribution in [1.29, 1.82) is 5.26 Å². The third-order valence-corrected chi connectivity index (χ3v) is 6.54. The Labute approximate surface area is 191 Å². The van der Waals surface area contributed by atoms with Gasteiger partial charge in [-0.05, 0) is 6.42 Å². The van der Waals surface area contributed by atoms with Gasteiger partial charge in [0.05, 0.1) is 12.5 Å². The van der Waals surface area contributed by atoms with Crippen molar-refractivity contribution in [3.63, 3.8) is 0 Å². The van der Waals surface area contributed by atoms with Crippen molar-refractivity contribution in [3.05, 3.63) is 6.42 Å². The highest BCUT2D eigenvalue weighted by atomic mass is 14.2. The first-order valence-electron chi connectivity index (χ1n) is 14.1. The van der Waals surface area contributed by atoms with E-state index in [4.69, 9.17) is 5.26 Å². The largest absolute Gasteiger partial charge is 0.198 e. The van der Waals surface area contributed by atoms with Gasteiger partial charge in [-0.15, -0.1) is 0 Å². The summed E-state index contributed by atoms with van der Waals surface area (Å²) >= 11 is 0. The predicted octanol–water partition coefficient (Wildman–Crippen LogP) is 10.9. The first-order valence-corrected chi connectivity index (χ1v) is 14.1. The van der Waals surface area contributed by atoms with E-state index in [0.29, 0.717) is 0 Å². The minimum absolute atomic E-state index is 0.982. The zero-order valence-electron chi connectivity index (χ0n) is 20.9. The van der Waals surface area contributed by atoms with Crippen molar-refractivity contribution in [2.75, 3.05) is 0 Å². The number of nitrogens with zero attached hydrogens (tertiary/aromatic N) is 1. The molecule has 0 rings (SSSR count). The molecule has 1 heteroatoms. The molecule has 177 valence electrons. The number of rotatable bonds is 26. The standard InChI is InChI=1S/C29H56N/c1-2-3-4-5-6-7-8-9-10-11-12-13-14-15-16-17-18-19-20-21-22-23-24-25-26-27-28-29-30/h28H,2-27H2,1H3. The molecule has 0 saturated carbocycles. The van der Waals surface area contributed by atoms with Gasteiger partial charge in [0, 0.05) is 0 Å². The molecule has 0 unspecified atom stereocenters. The minimum atomic E-state index is 0.982. The summed E-state index contributed by atoms with van der Waals surface area (Å²) in [5, 5.41) is 8.45. The molecule has 0 bridgehead atoms. The van der Waals surface area contributed by atoms with Gasteiger partial charge in [-0.25, -0.2) is 0 Å². The van der Waals surface area contributed by atoms with E-state index in [1.807, 2.05) is 0 Å². The number of hydrogen-bond donors (Lipinski definition) is 0. The average molecular weight is 419 g/mol. The van der Waals surface area contributed by atoms with Crippen molar-refractivity contribution >= 4 is 0 Å². The van der Waals surface area contributed by atoms with E-state index in [2.05, 4.69) is 13.0 Å². The van der Waals surface area contributed by atoms with Gasteiger partial charge in [-0.1, -0.05) is 167 Å². The molecular weight excluding hydrogens is 362 g/mol. The summed E-state index contributed by atoms with van der Waals surface area (Å²) < 4.78 is 0. The Bertz CT molecular complexity index is 330. The van der Waals surface area contributed by atoms with Crippen LogP contribution in [0.4, 0.5) is 0 Å². The number of hydrogen-bond acceptors (Lipinski definition) is 1. The van der Waals surface area contributed by atoms with Gasteiger partial charge in [0.25, 0.3) is 0 Å². The average Bonchev–Trinajstić information content (AvgIpc) is 2.76. The second kappa shape index (κ2) is 28.5. The third-order valence-electron chi connectivity index (χ3n) is 6.54. The van der Waals surface area contributed by atoms with Gasteiger partial charge < -0.3 is 0 Å². The molecule has 1 radical (unpaired) electrons. The molecule has 0 aliphatic heterocycles. The van der Waals surface area contributed by atoms with E-state index < -0.39 is 0 Å². The molecule has 0 saturated heterocycles. The Morgan fingerprint density at radius 1 is 0.400 bits per heavy atom. The van der Waals surface area contributed by atoms with Gasteiger partial charge in [0.2, 0.25) is 0 Å². The van der Waals surface area contributed by atoms with Crippen molar-refractivity contribution in [2.24, 2.45) is 0 Å². The van der Waals surface area contributed by atoms with E-state index in [0.717, 1.165) is 6.42 Å². The first kappa shape index (κ1) is 29.5. The lowest BCUT2D eigenvalue weighted by Gasteiger charge is -2.04. The SMILES string of the molecule is CCCCCCCCCCCCCCCCCCCCCCCCCCC[CH]C#N. The van der Waals surface area contributed by atoms with E-state index in [9.17, 15) is 0 Å². The zero-order chi connectivity index (χ0) is 21.8. The predicted molar refractivity (Wildman–Crippen MR) is 136 cm³/mol. The smallest absolute Gasteiger partial charge is 0.0669 e. The van der Waals surface area contributed by atoms with Crippen LogP contribution >= 0.6 is 0 Å². The second-order valence-corrected chi connectivity index (χ2v) is 9.61. The molecule has 0 amide bonds. The maximum Gasteiger partial charge on any atom is 0.0669 e. The van der Waals surface area contributed by atoms with Crippen LogP contribution in [-0.2, 0) is 0 Å². The Kier molecular flexibility index (Phi) is 28.0. The van der Waals surface area contributed by atoms with Crippen LogP contribution in [0.2, 0.25) is 0 Å². The van der Waals surface area contributed by atoms with Crippen LogP contribution < -0.4 is 0 Å². The van der Waals surface area contributed by atoms with Crippen LogP contribution in [-0.4, -0.2) is 0 Å². The van der Waals surface area contributed by atoms with Crippen LogP contribution in [0, 0.1) is 17.8 Å². The van der Waals surface area contributed by atoms with Gasteiger partial charge in [0.15, 0.2) is 0 Å². The topological polar surface area (TPSA) is 23.8 Å². The van der Waals surface area contributed by atoms with Crippen molar-refractivity contribution in [1.82, 2.24) is 0 Å². The lowest BCUT2D eigenvalue weighted by molar-refractivity contribution is 0.516. The van der Waals surface area contributed by atoms with E-state index in [1.54, 1.807) is 6.42 Å². The van der Waals surface area contributed by atoms with Crippen molar-refractivity contribution in [3.8, 4) is 6.07 Å². The molecule has 0 aliphatic carbocycles. The van der Waals surface area contributed by atoms with Gasteiger partial charge in [-0.2, -0.15) is 5.26 Å². The van der Waals surface area contributed by atoms with E-state index in [-0.39, 0.29) is 0 Å². The Hall–Kier alpha value is -0.510. The first-order chi connectivity index (χ1) is 14.9. The maximum absolute atomic E-state index is 8.45. The molecule has 0 aromatic rings. The zero-order valence-corrected chi connectivity index (χ0v) is 20.9. The maximum atomic E-state index is 8.45. The lowest BCUT2D eigenvalue weighted by Crippen LogP contribution is -1.84. The molecule has 1 nitrogen and oxygen atoms in total. The van der Waals surface area contributed by atoms with Crippen molar-refractivity contribution < 1.29 is 0 Å². The molecule has 30 heavy (non-hydrogen) atoms. The fraction of sp³-hybridized carbons (Fsp3) is 0.931. The monoisotopic (exact) mass is 418 g/mol. The second-order valence-electron chi connectivity index (χ2n) is 9.61. The Balaban J connectivity index is 2.98.